The molecule has 0 radical (unpaired) electrons. The zero-order chi connectivity index (χ0) is 12.0. The number of piperidine rings is 1. The summed E-state index contributed by atoms with van der Waals surface area (Å²) < 4.78 is 1.13. The Morgan fingerprint density at radius 3 is 2.59 bits per heavy atom. The van der Waals surface area contributed by atoms with E-state index in [-0.39, 0.29) is 5.92 Å². The van der Waals surface area contributed by atoms with E-state index >= 15 is 0 Å². The number of carboxylic acid groups (broad SMARTS) is 1. The Labute approximate surface area is 109 Å². The predicted octanol–water partition coefficient (Wildman–Crippen LogP) is 2.21. The van der Waals surface area contributed by atoms with Crippen LogP contribution in [0.1, 0.15) is 5.56 Å². The van der Waals surface area contributed by atoms with Crippen LogP contribution < -0.4 is 0 Å². The number of carboxylic acids is 1. The van der Waals surface area contributed by atoms with Crippen LogP contribution in [0.5, 0.6) is 0 Å². The van der Waals surface area contributed by atoms with Gasteiger partial charge in [0.15, 0.2) is 0 Å². The Morgan fingerprint density at radius 2 is 2.00 bits per heavy atom. The highest BCUT2D eigenvalue weighted by atomic mass is 79.9. The Kier molecular flexibility index (Phi) is 2.71. The maximum absolute atomic E-state index is 10.9. The molecule has 90 valence electrons. The second kappa shape index (κ2) is 4.10. The van der Waals surface area contributed by atoms with Crippen molar-refractivity contribution in [2.75, 3.05) is 13.1 Å². The molecule has 2 aliphatic rings. The van der Waals surface area contributed by atoms with Crippen LogP contribution in [0.15, 0.2) is 28.7 Å². The van der Waals surface area contributed by atoms with Gasteiger partial charge in [-0.05, 0) is 23.5 Å². The minimum Gasteiger partial charge on any atom is -0.481 e. The van der Waals surface area contributed by atoms with Crippen molar-refractivity contribution in [3.8, 4) is 0 Å². The third kappa shape index (κ3) is 2.00. The number of fused-ring (bicyclic) bond motifs is 1. The van der Waals surface area contributed by atoms with Gasteiger partial charge >= 0.3 is 5.97 Å². The molecule has 17 heavy (non-hydrogen) atoms. The van der Waals surface area contributed by atoms with Crippen molar-refractivity contribution in [3.63, 3.8) is 0 Å². The zero-order valence-electron chi connectivity index (χ0n) is 9.34. The highest BCUT2D eigenvalue weighted by molar-refractivity contribution is 9.10. The van der Waals surface area contributed by atoms with E-state index in [9.17, 15) is 4.79 Å². The molecule has 2 fully saturated rings. The fraction of sp³-hybridized carbons (Fsp3) is 0.462. The monoisotopic (exact) mass is 295 g/mol. The quantitative estimate of drug-likeness (QED) is 0.929. The Balaban J connectivity index is 1.61. The normalized spacial score (nSPS) is 31.2. The summed E-state index contributed by atoms with van der Waals surface area (Å²) in [6.07, 6.45) is 0. The predicted molar refractivity (Wildman–Crippen MR) is 67.5 cm³/mol. The van der Waals surface area contributed by atoms with Crippen LogP contribution in [0.3, 0.4) is 0 Å². The molecule has 0 spiro atoms. The molecule has 1 N–H and O–H groups in total. The smallest absolute Gasteiger partial charge is 0.307 e. The molecule has 4 heteroatoms. The van der Waals surface area contributed by atoms with Gasteiger partial charge in [0.25, 0.3) is 0 Å². The van der Waals surface area contributed by atoms with Crippen LogP contribution in [0.25, 0.3) is 0 Å². The first kappa shape index (κ1) is 11.2. The highest BCUT2D eigenvalue weighted by Crippen LogP contribution is 2.52. The van der Waals surface area contributed by atoms with E-state index in [4.69, 9.17) is 5.11 Å². The van der Waals surface area contributed by atoms with E-state index in [1.165, 1.54) is 5.56 Å². The molecule has 1 saturated carbocycles. The van der Waals surface area contributed by atoms with Crippen LogP contribution in [-0.4, -0.2) is 29.1 Å². The molecule has 3 rings (SSSR count). The first-order chi connectivity index (χ1) is 8.16. The molecule has 0 amide bonds. The third-order valence-corrected chi connectivity index (χ3v) is 4.68. The summed E-state index contributed by atoms with van der Waals surface area (Å²) in [6.45, 7) is 2.78. The molecule has 0 bridgehead atoms. The molecule has 0 aromatic heterocycles. The topological polar surface area (TPSA) is 40.5 Å². The molecule has 1 aromatic rings. The number of carbonyl (C=O) groups is 1. The number of benzene rings is 1. The lowest BCUT2D eigenvalue weighted by Crippen LogP contribution is -2.25. The molecule has 2 unspecified atom stereocenters. The summed E-state index contributed by atoms with van der Waals surface area (Å²) in [7, 11) is 0. The molecule has 1 aliphatic heterocycles. The fourth-order valence-corrected chi connectivity index (χ4v) is 3.39. The summed E-state index contributed by atoms with van der Waals surface area (Å²) in [5.74, 6) is 0.121. The molecular weight excluding hydrogens is 282 g/mol. The first-order valence-electron chi connectivity index (χ1n) is 5.85. The van der Waals surface area contributed by atoms with Gasteiger partial charge in [0.2, 0.25) is 0 Å². The summed E-state index contributed by atoms with van der Waals surface area (Å²) >= 11 is 3.54. The number of halogens is 1. The lowest BCUT2D eigenvalue weighted by Gasteiger charge is -2.19. The van der Waals surface area contributed by atoms with Gasteiger partial charge in [-0.1, -0.05) is 34.1 Å². The van der Waals surface area contributed by atoms with E-state index in [1.54, 1.807) is 0 Å². The molecule has 3 nitrogen and oxygen atoms in total. The summed E-state index contributed by atoms with van der Waals surface area (Å²) in [4.78, 5) is 13.2. The number of hydrogen-bond donors (Lipinski definition) is 1. The largest absolute Gasteiger partial charge is 0.481 e. The van der Waals surface area contributed by atoms with Crippen molar-refractivity contribution in [2.45, 2.75) is 6.54 Å². The standard InChI is InChI=1S/C13H14BrNO2/c14-11-4-2-1-3-8(11)5-15-6-9-10(7-15)12(9)13(16)17/h1-4,9-10,12H,5-7H2,(H,16,17). The average Bonchev–Trinajstić information content (AvgIpc) is 2.81. The van der Waals surface area contributed by atoms with Crippen molar-refractivity contribution in [2.24, 2.45) is 17.8 Å². The third-order valence-electron chi connectivity index (χ3n) is 3.91. The summed E-state index contributed by atoms with van der Waals surface area (Å²) in [5, 5.41) is 8.95. The van der Waals surface area contributed by atoms with Crippen LogP contribution >= 0.6 is 15.9 Å². The number of rotatable bonds is 3. The van der Waals surface area contributed by atoms with Gasteiger partial charge in [-0.15, -0.1) is 0 Å². The zero-order valence-corrected chi connectivity index (χ0v) is 10.9. The lowest BCUT2D eigenvalue weighted by atomic mass is 10.2. The van der Waals surface area contributed by atoms with Gasteiger partial charge in [0.1, 0.15) is 0 Å². The van der Waals surface area contributed by atoms with Gasteiger partial charge < -0.3 is 5.11 Å². The SMILES string of the molecule is O=C(O)C1C2CN(Cc3ccccc3Br)CC21. The van der Waals surface area contributed by atoms with Crippen molar-refractivity contribution < 1.29 is 9.90 Å². The van der Waals surface area contributed by atoms with Gasteiger partial charge in [-0.2, -0.15) is 0 Å². The second-order valence-electron chi connectivity index (χ2n) is 4.98. The minimum absolute atomic E-state index is 0.0644. The maximum atomic E-state index is 10.9. The second-order valence-corrected chi connectivity index (χ2v) is 5.83. The number of likely N-dealkylation sites (tertiary alicyclic amines) is 1. The van der Waals surface area contributed by atoms with Crippen LogP contribution in [0.4, 0.5) is 0 Å². The van der Waals surface area contributed by atoms with Gasteiger partial charge in [-0.3, -0.25) is 9.69 Å². The Bertz CT molecular complexity index is 450. The van der Waals surface area contributed by atoms with Crippen LogP contribution in [0.2, 0.25) is 0 Å². The molecule has 1 heterocycles. The van der Waals surface area contributed by atoms with Crippen molar-refractivity contribution in [3.05, 3.63) is 34.3 Å². The van der Waals surface area contributed by atoms with Crippen LogP contribution in [0, 0.1) is 17.8 Å². The minimum atomic E-state index is -0.611. The van der Waals surface area contributed by atoms with E-state index in [0.29, 0.717) is 11.8 Å². The van der Waals surface area contributed by atoms with Gasteiger partial charge in [0.05, 0.1) is 5.92 Å². The molecule has 1 aliphatic carbocycles. The summed E-state index contributed by atoms with van der Waals surface area (Å²) in [6, 6.07) is 8.21. The molecule has 1 saturated heterocycles. The van der Waals surface area contributed by atoms with Crippen LogP contribution in [-0.2, 0) is 11.3 Å². The lowest BCUT2D eigenvalue weighted by molar-refractivity contribution is -0.139. The molecule has 1 aromatic carbocycles. The van der Waals surface area contributed by atoms with Crippen molar-refractivity contribution in [1.82, 2.24) is 4.90 Å². The maximum Gasteiger partial charge on any atom is 0.307 e. The number of hydrogen-bond acceptors (Lipinski definition) is 2. The summed E-state index contributed by atoms with van der Waals surface area (Å²) in [5.41, 5.74) is 1.28. The molecule has 2 atom stereocenters. The van der Waals surface area contributed by atoms with Gasteiger partial charge in [-0.25, -0.2) is 0 Å². The number of nitrogens with zero attached hydrogens (tertiary/aromatic N) is 1. The van der Waals surface area contributed by atoms with E-state index in [2.05, 4.69) is 26.9 Å². The fourth-order valence-electron chi connectivity index (χ4n) is 2.98. The Morgan fingerprint density at radius 1 is 1.35 bits per heavy atom. The first-order valence-corrected chi connectivity index (χ1v) is 6.64. The average molecular weight is 296 g/mol. The van der Waals surface area contributed by atoms with E-state index < -0.39 is 5.97 Å². The van der Waals surface area contributed by atoms with Crippen molar-refractivity contribution in [1.29, 1.82) is 0 Å². The number of aliphatic carboxylic acids is 1. The highest BCUT2D eigenvalue weighted by Gasteiger charge is 2.59. The van der Waals surface area contributed by atoms with Gasteiger partial charge in [0, 0.05) is 24.1 Å². The van der Waals surface area contributed by atoms with E-state index in [0.717, 1.165) is 24.1 Å². The Hall–Kier alpha value is -0.870. The van der Waals surface area contributed by atoms with E-state index in [1.807, 2.05) is 18.2 Å². The molecular formula is C13H14BrNO2. The van der Waals surface area contributed by atoms with Crippen molar-refractivity contribution >= 4 is 21.9 Å².